The molecule has 0 radical (unpaired) electrons. The van der Waals surface area contributed by atoms with E-state index in [-0.39, 0.29) is 0 Å². The summed E-state index contributed by atoms with van der Waals surface area (Å²) in [7, 11) is 0. The van der Waals surface area contributed by atoms with E-state index in [0.717, 1.165) is 38.5 Å². The largest absolute Gasteiger partial charge is 0.328 e. The first kappa shape index (κ1) is 12.7. The Balaban J connectivity index is 1.48. The molecule has 0 fully saturated rings. The third-order valence-electron chi connectivity index (χ3n) is 3.75. The number of imidazole rings is 1. The van der Waals surface area contributed by atoms with Crippen LogP contribution in [0.5, 0.6) is 0 Å². The van der Waals surface area contributed by atoms with Crippen molar-refractivity contribution in [3.63, 3.8) is 0 Å². The molecule has 0 aliphatic carbocycles. The monoisotopic (exact) mass is 300 g/mol. The van der Waals surface area contributed by atoms with E-state index in [2.05, 4.69) is 24.5 Å². The van der Waals surface area contributed by atoms with Crippen molar-refractivity contribution in [3.05, 3.63) is 52.8 Å². The van der Waals surface area contributed by atoms with Crippen LogP contribution >= 0.6 is 11.3 Å². The van der Waals surface area contributed by atoms with Crippen LogP contribution in [0.25, 0.3) is 0 Å². The minimum Gasteiger partial charge on any atom is -0.328 e. The van der Waals surface area contributed by atoms with Crippen molar-refractivity contribution < 1.29 is 0 Å². The van der Waals surface area contributed by atoms with Crippen molar-refractivity contribution >= 4 is 11.3 Å². The quantitative estimate of drug-likeness (QED) is 0.734. The Hall–Kier alpha value is -1.99. The second kappa shape index (κ2) is 5.42. The lowest BCUT2D eigenvalue weighted by Gasteiger charge is -2.27. The van der Waals surface area contributed by atoms with Crippen molar-refractivity contribution in [3.8, 4) is 0 Å². The summed E-state index contributed by atoms with van der Waals surface area (Å²) >= 11 is 1.71. The lowest BCUT2D eigenvalue weighted by atomic mass is 10.3. The second-order valence-electron chi connectivity index (χ2n) is 5.16. The van der Waals surface area contributed by atoms with Crippen LogP contribution in [0.4, 0.5) is 0 Å². The molecule has 1 aliphatic heterocycles. The summed E-state index contributed by atoms with van der Waals surface area (Å²) in [5.41, 5.74) is 1.22. The second-order valence-corrected chi connectivity index (χ2v) is 6.14. The lowest BCUT2D eigenvalue weighted by molar-refractivity contribution is 0.206. The van der Waals surface area contributed by atoms with Crippen molar-refractivity contribution in [2.24, 2.45) is 0 Å². The number of aromatic nitrogens is 5. The van der Waals surface area contributed by atoms with Crippen molar-refractivity contribution in [1.82, 2.24) is 29.2 Å². The highest BCUT2D eigenvalue weighted by Crippen LogP contribution is 2.18. The Kier molecular flexibility index (Phi) is 3.28. The minimum atomic E-state index is 0.784. The Morgan fingerprint density at radius 3 is 2.95 bits per heavy atom. The first-order valence-electron chi connectivity index (χ1n) is 7.00. The third kappa shape index (κ3) is 2.62. The Bertz CT molecular complexity index is 700. The van der Waals surface area contributed by atoms with Crippen molar-refractivity contribution in [1.29, 1.82) is 0 Å². The fourth-order valence-electron chi connectivity index (χ4n) is 2.72. The van der Waals surface area contributed by atoms with Gasteiger partial charge in [0, 0.05) is 37.1 Å². The molecule has 0 N–H and O–H groups in total. The van der Waals surface area contributed by atoms with E-state index in [1.165, 1.54) is 10.7 Å². The highest BCUT2D eigenvalue weighted by atomic mass is 32.1. The highest BCUT2D eigenvalue weighted by Gasteiger charge is 2.20. The molecular formula is C14H16N6S. The average Bonchev–Trinajstić information content (AvgIpc) is 3.22. The molecule has 0 atom stereocenters. The van der Waals surface area contributed by atoms with E-state index in [0.29, 0.717) is 0 Å². The van der Waals surface area contributed by atoms with Gasteiger partial charge in [-0.3, -0.25) is 9.58 Å². The molecule has 0 aromatic carbocycles. The van der Waals surface area contributed by atoms with E-state index in [4.69, 9.17) is 0 Å². The summed E-state index contributed by atoms with van der Waals surface area (Å²) in [6.07, 6.45) is 7.64. The summed E-state index contributed by atoms with van der Waals surface area (Å²) in [6, 6.07) is 1.95. The van der Waals surface area contributed by atoms with Crippen LogP contribution in [0.15, 0.2) is 36.2 Å². The van der Waals surface area contributed by atoms with Gasteiger partial charge in [0.15, 0.2) is 0 Å². The van der Waals surface area contributed by atoms with E-state index >= 15 is 0 Å². The van der Waals surface area contributed by atoms with Gasteiger partial charge < -0.3 is 4.57 Å². The minimum absolute atomic E-state index is 0.784. The zero-order valence-electron chi connectivity index (χ0n) is 11.6. The maximum absolute atomic E-state index is 4.58. The van der Waals surface area contributed by atoms with Gasteiger partial charge in [-0.05, 0) is 6.07 Å². The topological polar surface area (TPSA) is 51.8 Å². The van der Waals surface area contributed by atoms with Crippen molar-refractivity contribution in [2.45, 2.75) is 26.2 Å². The molecule has 7 heteroatoms. The summed E-state index contributed by atoms with van der Waals surface area (Å²) in [6.45, 7) is 4.61. The molecule has 3 aromatic heterocycles. The van der Waals surface area contributed by atoms with Crippen LogP contribution in [0.2, 0.25) is 0 Å². The SMILES string of the molecule is c1cnn(Cc2cnc3n2CCN(Cc2nccs2)C3)c1. The molecule has 0 saturated heterocycles. The van der Waals surface area contributed by atoms with E-state index < -0.39 is 0 Å². The Labute approximate surface area is 126 Å². The number of rotatable bonds is 4. The zero-order valence-corrected chi connectivity index (χ0v) is 12.4. The number of nitrogens with zero attached hydrogens (tertiary/aromatic N) is 6. The van der Waals surface area contributed by atoms with E-state index in [1.807, 2.05) is 40.9 Å². The molecule has 6 nitrogen and oxygen atoms in total. The van der Waals surface area contributed by atoms with Crippen LogP contribution in [0, 0.1) is 0 Å². The molecule has 0 bridgehead atoms. The molecule has 0 amide bonds. The van der Waals surface area contributed by atoms with Gasteiger partial charge in [-0.15, -0.1) is 11.3 Å². The molecule has 3 aromatic rings. The highest BCUT2D eigenvalue weighted by molar-refractivity contribution is 7.09. The van der Waals surface area contributed by atoms with Gasteiger partial charge in [0.2, 0.25) is 0 Å². The fraction of sp³-hybridized carbons (Fsp3) is 0.357. The maximum Gasteiger partial charge on any atom is 0.123 e. The first-order chi connectivity index (χ1) is 10.4. The predicted molar refractivity (Wildman–Crippen MR) is 79.8 cm³/mol. The standard InChI is InChI=1S/C14H16N6S/c1-2-17-19(4-1)9-12-8-16-13-10-18(5-6-20(12)13)11-14-15-3-7-21-14/h1-4,7-8H,5-6,9-11H2. The van der Waals surface area contributed by atoms with Gasteiger partial charge in [0.05, 0.1) is 31.5 Å². The number of fused-ring (bicyclic) bond motifs is 1. The number of thiazole rings is 1. The van der Waals surface area contributed by atoms with Gasteiger partial charge in [0.1, 0.15) is 10.8 Å². The van der Waals surface area contributed by atoms with Crippen LogP contribution in [-0.2, 0) is 26.2 Å². The lowest BCUT2D eigenvalue weighted by Crippen LogP contribution is -2.34. The van der Waals surface area contributed by atoms with Crippen LogP contribution in [0.1, 0.15) is 16.5 Å². The van der Waals surface area contributed by atoms with E-state index in [9.17, 15) is 0 Å². The first-order valence-corrected chi connectivity index (χ1v) is 7.88. The Morgan fingerprint density at radius 2 is 2.14 bits per heavy atom. The van der Waals surface area contributed by atoms with Gasteiger partial charge in [-0.2, -0.15) is 5.10 Å². The third-order valence-corrected chi connectivity index (χ3v) is 4.52. The summed E-state index contributed by atoms with van der Waals surface area (Å²) in [5, 5.41) is 7.47. The molecule has 108 valence electrons. The van der Waals surface area contributed by atoms with Crippen molar-refractivity contribution in [2.75, 3.05) is 6.54 Å². The smallest absolute Gasteiger partial charge is 0.123 e. The number of hydrogen-bond donors (Lipinski definition) is 0. The van der Waals surface area contributed by atoms with Gasteiger partial charge >= 0.3 is 0 Å². The summed E-state index contributed by atoms with van der Waals surface area (Å²) < 4.78 is 4.26. The van der Waals surface area contributed by atoms with Crippen LogP contribution < -0.4 is 0 Å². The number of hydrogen-bond acceptors (Lipinski definition) is 5. The van der Waals surface area contributed by atoms with Crippen LogP contribution in [0.3, 0.4) is 0 Å². The molecule has 0 unspecified atom stereocenters. The molecule has 4 rings (SSSR count). The fourth-order valence-corrected chi connectivity index (χ4v) is 3.37. The Morgan fingerprint density at radius 1 is 1.14 bits per heavy atom. The maximum atomic E-state index is 4.58. The van der Waals surface area contributed by atoms with Gasteiger partial charge in [0.25, 0.3) is 0 Å². The van der Waals surface area contributed by atoms with E-state index in [1.54, 1.807) is 11.3 Å². The summed E-state index contributed by atoms with van der Waals surface area (Å²) in [5.74, 6) is 1.14. The molecule has 1 aliphatic rings. The molecule has 0 spiro atoms. The predicted octanol–water partition coefficient (Wildman–Crippen LogP) is 1.60. The van der Waals surface area contributed by atoms with Gasteiger partial charge in [-0.1, -0.05) is 0 Å². The normalized spacial score (nSPS) is 15.2. The van der Waals surface area contributed by atoms with Gasteiger partial charge in [-0.25, -0.2) is 9.97 Å². The molecule has 0 saturated carbocycles. The summed E-state index contributed by atoms with van der Waals surface area (Å²) in [4.78, 5) is 11.3. The zero-order chi connectivity index (χ0) is 14.1. The molecular weight excluding hydrogens is 284 g/mol. The molecule has 21 heavy (non-hydrogen) atoms. The molecule has 4 heterocycles. The van der Waals surface area contributed by atoms with Crippen LogP contribution in [-0.4, -0.2) is 35.8 Å². The average molecular weight is 300 g/mol.